The van der Waals surface area contributed by atoms with Crippen LogP contribution in [0.2, 0.25) is 5.02 Å². The van der Waals surface area contributed by atoms with Crippen molar-refractivity contribution in [2.75, 3.05) is 53.5 Å². The number of halogens is 1. The number of nitrogens with one attached hydrogen (secondary N) is 1. The lowest BCUT2D eigenvalue weighted by atomic mass is 10.2. The minimum absolute atomic E-state index is 0.171. The first-order chi connectivity index (χ1) is 14.1. The van der Waals surface area contributed by atoms with Crippen LogP contribution in [0.15, 0.2) is 42.5 Å². The molecule has 2 aromatic carbocycles. The van der Waals surface area contributed by atoms with Gasteiger partial charge >= 0.3 is 0 Å². The van der Waals surface area contributed by atoms with Gasteiger partial charge in [-0.3, -0.25) is 14.6 Å². The van der Waals surface area contributed by atoms with E-state index in [-0.39, 0.29) is 5.91 Å². The number of carbonyl (C=O) groups is 1. The maximum Gasteiger partial charge on any atom is 0.251 e. The Bertz CT molecular complexity index is 808. The molecule has 0 atom stereocenters. The Hall–Kier alpha value is -2.28. The summed E-state index contributed by atoms with van der Waals surface area (Å²) >= 11 is 6.19. The van der Waals surface area contributed by atoms with Crippen LogP contribution in [0.1, 0.15) is 15.9 Å². The van der Waals surface area contributed by atoms with E-state index in [2.05, 4.69) is 39.4 Å². The zero-order chi connectivity index (χ0) is 20.6. The minimum Gasteiger partial charge on any atom is -0.493 e. The van der Waals surface area contributed by atoms with Crippen LogP contribution in [0.25, 0.3) is 0 Å². The molecular weight excluding hydrogens is 390 g/mol. The van der Waals surface area contributed by atoms with E-state index in [1.165, 1.54) is 19.8 Å². The van der Waals surface area contributed by atoms with Gasteiger partial charge in [0.15, 0.2) is 11.5 Å². The highest BCUT2D eigenvalue weighted by molar-refractivity contribution is 6.32. The number of benzene rings is 2. The van der Waals surface area contributed by atoms with Gasteiger partial charge in [-0.05, 0) is 17.7 Å². The molecule has 1 fully saturated rings. The number of rotatable bonds is 8. The van der Waals surface area contributed by atoms with Crippen molar-refractivity contribution in [1.29, 1.82) is 0 Å². The number of amides is 1. The van der Waals surface area contributed by atoms with E-state index in [1.807, 2.05) is 6.07 Å². The van der Waals surface area contributed by atoms with E-state index in [4.69, 9.17) is 21.1 Å². The van der Waals surface area contributed by atoms with Crippen molar-refractivity contribution in [2.45, 2.75) is 6.54 Å². The number of nitrogens with zero attached hydrogens (tertiary/aromatic N) is 2. The first kappa shape index (κ1) is 21.4. The van der Waals surface area contributed by atoms with Crippen molar-refractivity contribution in [3.8, 4) is 11.5 Å². The van der Waals surface area contributed by atoms with Gasteiger partial charge in [-0.15, -0.1) is 0 Å². The molecule has 0 bridgehead atoms. The van der Waals surface area contributed by atoms with Gasteiger partial charge in [0.25, 0.3) is 5.91 Å². The summed E-state index contributed by atoms with van der Waals surface area (Å²) in [6.45, 7) is 6.49. The average Bonchev–Trinajstić information content (AvgIpc) is 2.75. The zero-order valence-corrected chi connectivity index (χ0v) is 17.7. The first-order valence-corrected chi connectivity index (χ1v) is 10.2. The molecule has 0 spiro atoms. The van der Waals surface area contributed by atoms with Gasteiger partial charge in [0.05, 0.1) is 19.2 Å². The fourth-order valence-electron chi connectivity index (χ4n) is 3.49. The van der Waals surface area contributed by atoms with Crippen LogP contribution < -0.4 is 14.8 Å². The Morgan fingerprint density at radius 1 is 1.03 bits per heavy atom. The summed E-state index contributed by atoms with van der Waals surface area (Å²) in [5.74, 6) is 0.703. The Balaban J connectivity index is 1.43. The number of piperazine rings is 1. The van der Waals surface area contributed by atoms with Gasteiger partial charge < -0.3 is 14.8 Å². The van der Waals surface area contributed by atoms with E-state index >= 15 is 0 Å². The molecule has 2 aromatic rings. The van der Waals surface area contributed by atoms with Crippen LogP contribution in [-0.4, -0.2) is 69.2 Å². The fraction of sp³-hybridized carbons (Fsp3) is 0.409. The lowest BCUT2D eigenvalue weighted by Crippen LogP contribution is -2.48. The van der Waals surface area contributed by atoms with Crippen LogP contribution in [0.3, 0.4) is 0 Å². The predicted octanol–water partition coefficient (Wildman–Crippen LogP) is 2.90. The van der Waals surface area contributed by atoms with Gasteiger partial charge in [-0.2, -0.15) is 0 Å². The predicted molar refractivity (Wildman–Crippen MR) is 115 cm³/mol. The molecule has 1 amide bonds. The highest BCUT2D eigenvalue weighted by Crippen LogP contribution is 2.35. The van der Waals surface area contributed by atoms with Crippen molar-refractivity contribution in [1.82, 2.24) is 15.1 Å². The normalized spacial score (nSPS) is 15.1. The Morgan fingerprint density at radius 2 is 1.72 bits per heavy atom. The van der Waals surface area contributed by atoms with E-state index < -0.39 is 0 Å². The van der Waals surface area contributed by atoms with Crippen LogP contribution in [-0.2, 0) is 6.54 Å². The van der Waals surface area contributed by atoms with Crippen LogP contribution in [0.5, 0.6) is 11.5 Å². The molecule has 0 unspecified atom stereocenters. The van der Waals surface area contributed by atoms with Crippen molar-refractivity contribution in [3.63, 3.8) is 0 Å². The van der Waals surface area contributed by atoms with Gasteiger partial charge in [0.2, 0.25) is 0 Å². The summed E-state index contributed by atoms with van der Waals surface area (Å²) < 4.78 is 10.5. The minimum atomic E-state index is -0.171. The maximum atomic E-state index is 12.5. The number of hydrogen-bond acceptors (Lipinski definition) is 5. The molecule has 1 N–H and O–H groups in total. The SMILES string of the molecule is COc1cc(C(=O)NCCN2CCN(Cc3ccccc3)CC2)cc(Cl)c1OC. The quantitative estimate of drug-likeness (QED) is 0.715. The van der Waals surface area contributed by atoms with E-state index in [0.29, 0.717) is 28.6 Å². The summed E-state index contributed by atoms with van der Waals surface area (Å²) in [6, 6.07) is 13.8. The molecule has 1 heterocycles. The van der Waals surface area contributed by atoms with Gasteiger partial charge in [-0.1, -0.05) is 41.9 Å². The standard InChI is InChI=1S/C22H28ClN3O3/c1-28-20-15-18(14-19(23)21(20)29-2)22(27)24-8-9-25-10-12-26(13-11-25)16-17-6-4-3-5-7-17/h3-7,14-15H,8-13,16H2,1-2H3,(H,24,27). The second-order valence-corrected chi connectivity index (χ2v) is 7.46. The van der Waals surface area contributed by atoms with Crippen molar-refractivity contribution >= 4 is 17.5 Å². The van der Waals surface area contributed by atoms with Crippen LogP contribution in [0, 0.1) is 0 Å². The molecular formula is C22H28ClN3O3. The molecule has 156 valence electrons. The zero-order valence-electron chi connectivity index (χ0n) is 17.0. The number of hydrogen-bond donors (Lipinski definition) is 1. The lowest BCUT2D eigenvalue weighted by Gasteiger charge is -2.34. The molecule has 1 aliphatic rings. The van der Waals surface area contributed by atoms with Crippen molar-refractivity contribution in [3.05, 3.63) is 58.6 Å². The van der Waals surface area contributed by atoms with Gasteiger partial charge in [0, 0.05) is 51.4 Å². The van der Waals surface area contributed by atoms with Gasteiger partial charge in [0.1, 0.15) is 0 Å². The van der Waals surface area contributed by atoms with E-state index in [1.54, 1.807) is 12.1 Å². The largest absolute Gasteiger partial charge is 0.493 e. The first-order valence-electron chi connectivity index (χ1n) is 9.79. The topological polar surface area (TPSA) is 54.0 Å². The summed E-state index contributed by atoms with van der Waals surface area (Å²) in [5, 5.41) is 3.32. The molecule has 3 rings (SSSR count). The molecule has 6 nitrogen and oxygen atoms in total. The lowest BCUT2D eigenvalue weighted by molar-refractivity contribution is 0.0933. The molecule has 0 saturated carbocycles. The Kier molecular flexibility index (Phi) is 7.75. The summed E-state index contributed by atoms with van der Waals surface area (Å²) in [6.07, 6.45) is 0. The fourth-order valence-corrected chi connectivity index (χ4v) is 3.78. The third-order valence-electron chi connectivity index (χ3n) is 5.12. The Morgan fingerprint density at radius 3 is 2.38 bits per heavy atom. The Labute approximate surface area is 177 Å². The van der Waals surface area contributed by atoms with Crippen LogP contribution in [0.4, 0.5) is 0 Å². The average molecular weight is 418 g/mol. The third kappa shape index (κ3) is 5.85. The molecule has 1 saturated heterocycles. The smallest absolute Gasteiger partial charge is 0.251 e. The molecule has 29 heavy (non-hydrogen) atoms. The number of carbonyl (C=O) groups excluding carboxylic acids is 1. The molecule has 7 heteroatoms. The molecule has 0 aliphatic carbocycles. The van der Waals surface area contributed by atoms with Gasteiger partial charge in [-0.25, -0.2) is 0 Å². The van der Waals surface area contributed by atoms with Crippen molar-refractivity contribution < 1.29 is 14.3 Å². The maximum absolute atomic E-state index is 12.5. The second kappa shape index (κ2) is 10.5. The summed E-state index contributed by atoms with van der Waals surface area (Å²) in [5.41, 5.74) is 1.81. The highest BCUT2D eigenvalue weighted by Gasteiger charge is 2.18. The number of methoxy groups -OCH3 is 2. The van der Waals surface area contributed by atoms with E-state index in [0.717, 1.165) is 39.3 Å². The van der Waals surface area contributed by atoms with E-state index in [9.17, 15) is 4.79 Å². The summed E-state index contributed by atoms with van der Waals surface area (Å²) in [7, 11) is 3.04. The monoisotopic (exact) mass is 417 g/mol. The van der Waals surface area contributed by atoms with Crippen LogP contribution >= 0.6 is 11.6 Å². The summed E-state index contributed by atoms with van der Waals surface area (Å²) in [4.78, 5) is 17.3. The third-order valence-corrected chi connectivity index (χ3v) is 5.40. The molecule has 0 aromatic heterocycles. The highest BCUT2D eigenvalue weighted by atomic mass is 35.5. The molecule has 1 aliphatic heterocycles. The van der Waals surface area contributed by atoms with Crippen molar-refractivity contribution in [2.24, 2.45) is 0 Å². The second-order valence-electron chi connectivity index (χ2n) is 7.05. The number of ether oxygens (including phenoxy) is 2. The molecule has 0 radical (unpaired) electrons.